The van der Waals surface area contributed by atoms with E-state index in [9.17, 15) is 4.79 Å². The maximum absolute atomic E-state index is 12.4. The summed E-state index contributed by atoms with van der Waals surface area (Å²) in [5.74, 6) is 2.25. The summed E-state index contributed by atoms with van der Waals surface area (Å²) in [4.78, 5) is 12.4. The van der Waals surface area contributed by atoms with E-state index in [-0.39, 0.29) is 5.91 Å². The van der Waals surface area contributed by atoms with Gasteiger partial charge in [-0.25, -0.2) is 0 Å². The first-order valence-electron chi connectivity index (χ1n) is 9.34. The highest BCUT2D eigenvalue weighted by molar-refractivity contribution is 5.94. The molecule has 1 aromatic carbocycles. The fourth-order valence-electron chi connectivity index (χ4n) is 4.25. The lowest BCUT2D eigenvalue weighted by molar-refractivity contribution is -0.00811. The second kappa shape index (κ2) is 7.20. The number of carbonyl (C=O) groups excluding carboxylic acids is 1. The van der Waals surface area contributed by atoms with Crippen molar-refractivity contribution in [2.24, 2.45) is 23.0 Å². The first kappa shape index (κ1) is 18.0. The number of allylic oxidation sites excluding steroid dienone is 1. The molecule has 2 atom stereocenters. The van der Waals surface area contributed by atoms with Crippen LogP contribution in [0.15, 0.2) is 29.8 Å². The molecule has 2 bridgehead atoms. The largest absolute Gasteiger partial charge is 0.492 e. The zero-order valence-electron chi connectivity index (χ0n) is 15.6. The van der Waals surface area contributed by atoms with Gasteiger partial charge in [0.05, 0.1) is 0 Å². The van der Waals surface area contributed by atoms with Gasteiger partial charge in [0.2, 0.25) is 0 Å². The van der Waals surface area contributed by atoms with Crippen LogP contribution >= 0.6 is 0 Å². The zero-order valence-corrected chi connectivity index (χ0v) is 15.6. The molecule has 1 aromatic rings. The van der Waals surface area contributed by atoms with Gasteiger partial charge in [-0.05, 0) is 61.1 Å². The molecule has 1 saturated carbocycles. The van der Waals surface area contributed by atoms with Gasteiger partial charge in [-0.2, -0.15) is 0 Å². The summed E-state index contributed by atoms with van der Waals surface area (Å²) >= 11 is 0. The van der Waals surface area contributed by atoms with Gasteiger partial charge in [-0.1, -0.05) is 31.6 Å². The molecule has 0 heterocycles. The number of hydrogen-bond donors (Lipinski definition) is 2. The van der Waals surface area contributed by atoms with Gasteiger partial charge < -0.3 is 15.8 Å². The molecule has 3 aliphatic carbocycles. The maximum Gasteiger partial charge on any atom is 0.251 e. The molecule has 25 heavy (non-hydrogen) atoms. The number of nitrogens with one attached hydrogen (secondary N) is 1. The molecule has 1 amide bonds. The Morgan fingerprint density at radius 2 is 2.20 bits per heavy atom. The summed E-state index contributed by atoms with van der Waals surface area (Å²) in [7, 11) is 0. The van der Waals surface area contributed by atoms with E-state index in [1.54, 1.807) is 6.07 Å². The summed E-state index contributed by atoms with van der Waals surface area (Å²) in [5.41, 5.74) is 9.11. The van der Waals surface area contributed by atoms with Crippen molar-refractivity contribution in [2.75, 3.05) is 19.7 Å². The lowest BCUT2D eigenvalue weighted by Gasteiger charge is -2.56. The number of aryl methyl sites for hydroxylation is 1. The van der Waals surface area contributed by atoms with Crippen LogP contribution in [0, 0.1) is 24.2 Å². The fraction of sp³-hybridized carbons (Fsp3) is 0.571. The van der Waals surface area contributed by atoms with Gasteiger partial charge in [-0.15, -0.1) is 0 Å². The average molecular weight is 342 g/mol. The maximum atomic E-state index is 12.4. The molecule has 4 nitrogen and oxygen atoms in total. The quantitative estimate of drug-likeness (QED) is 0.746. The Kier molecular flexibility index (Phi) is 5.19. The second-order valence-corrected chi connectivity index (χ2v) is 7.94. The van der Waals surface area contributed by atoms with Crippen LogP contribution in [0.4, 0.5) is 0 Å². The van der Waals surface area contributed by atoms with Crippen molar-refractivity contribution in [3.63, 3.8) is 0 Å². The molecule has 136 valence electrons. The number of nitrogens with two attached hydrogens (primary N) is 1. The van der Waals surface area contributed by atoms with Crippen molar-refractivity contribution in [1.82, 2.24) is 5.32 Å². The van der Waals surface area contributed by atoms with Gasteiger partial charge in [0.25, 0.3) is 5.91 Å². The van der Waals surface area contributed by atoms with Gasteiger partial charge in [0.15, 0.2) is 0 Å². The lowest BCUT2D eigenvalue weighted by atomic mass is 9.48. The summed E-state index contributed by atoms with van der Waals surface area (Å²) < 4.78 is 5.60. The van der Waals surface area contributed by atoms with E-state index in [1.165, 1.54) is 18.4 Å². The minimum Gasteiger partial charge on any atom is -0.492 e. The Hall–Kier alpha value is -1.81. The molecule has 4 heteroatoms. The number of carbonyl (C=O) groups is 1. The van der Waals surface area contributed by atoms with Crippen LogP contribution in [0.2, 0.25) is 0 Å². The molecule has 0 radical (unpaired) electrons. The van der Waals surface area contributed by atoms with E-state index in [0.717, 1.165) is 23.7 Å². The predicted octanol–water partition coefficient (Wildman–Crippen LogP) is 3.44. The van der Waals surface area contributed by atoms with Crippen molar-refractivity contribution >= 4 is 5.91 Å². The van der Waals surface area contributed by atoms with Crippen molar-refractivity contribution in [2.45, 2.75) is 40.0 Å². The van der Waals surface area contributed by atoms with Crippen LogP contribution in [0.5, 0.6) is 5.75 Å². The Morgan fingerprint density at radius 3 is 2.88 bits per heavy atom. The first-order chi connectivity index (χ1) is 11.9. The second-order valence-electron chi connectivity index (χ2n) is 7.94. The molecule has 0 aliphatic heterocycles. The van der Waals surface area contributed by atoms with Gasteiger partial charge in [0, 0.05) is 18.7 Å². The molecule has 0 aromatic heterocycles. The highest BCUT2D eigenvalue weighted by atomic mass is 16.5. The average Bonchev–Trinajstić information content (AvgIpc) is 2.60. The highest BCUT2D eigenvalue weighted by Crippen LogP contribution is 2.59. The standard InChI is InChI=1S/C21H30N2O2/c1-14-4-5-16(12-19(14)25-11-9-22)20(24)23-10-8-15-6-7-17-13-18(15)21(17,2)3/h4-6,12,17-18H,7-11,13,22H2,1-3H3,(H,23,24)/t17-,18-/m0/s1. The molecule has 1 fully saturated rings. The van der Waals surface area contributed by atoms with Gasteiger partial charge in [0.1, 0.15) is 12.4 Å². The number of ether oxygens (including phenoxy) is 1. The van der Waals surface area contributed by atoms with E-state index in [1.807, 2.05) is 19.1 Å². The zero-order chi connectivity index (χ0) is 18.0. The third-order valence-electron chi connectivity index (χ3n) is 6.11. The first-order valence-corrected chi connectivity index (χ1v) is 9.34. The predicted molar refractivity (Wildman–Crippen MR) is 101 cm³/mol. The van der Waals surface area contributed by atoms with E-state index < -0.39 is 0 Å². The van der Waals surface area contributed by atoms with Crippen LogP contribution in [-0.4, -0.2) is 25.6 Å². The van der Waals surface area contributed by atoms with Crippen molar-refractivity contribution in [3.05, 3.63) is 41.0 Å². The molecule has 0 unspecified atom stereocenters. The van der Waals surface area contributed by atoms with Gasteiger partial charge >= 0.3 is 0 Å². The third-order valence-corrected chi connectivity index (χ3v) is 6.11. The molecule has 0 saturated heterocycles. The number of benzene rings is 1. The van der Waals surface area contributed by atoms with Gasteiger partial charge in [-0.3, -0.25) is 4.79 Å². The van der Waals surface area contributed by atoms with Crippen molar-refractivity contribution in [3.8, 4) is 5.75 Å². The lowest BCUT2D eigenvalue weighted by Crippen LogP contribution is -2.48. The molecular weight excluding hydrogens is 312 g/mol. The topological polar surface area (TPSA) is 64.3 Å². The minimum absolute atomic E-state index is 0.0419. The Balaban J connectivity index is 1.54. The van der Waals surface area contributed by atoms with Crippen LogP contribution in [0.1, 0.15) is 49.0 Å². The molecule has 3 aliphatic rings. The number of fused-ring (bicyclic) bond motifs is 1. The smallest absolute Gasteiger partial charge is 0.251 e. The number of amides is 1. The van der Waals surface area contributed by atoms with Crippen LogP contribution in [0.25, 0.3) is 0 Å². The van der Waals surface area contributed by atoms with Crippen molar-refractivity contribution < 1.29 is 9.53 Å². The number of hydrogen-bond acceptors (Lipinski definition) is 3. The van der Waals surface area contributed by atoms with E-state index >= 15 is 0 Å². The summed E-state index contributed by atoms with van der Waals surface area (Å²) in [6.07, 6.45) is 5.88. The Labute approximate surface area is 150 Å². The molecule has 0 spiro atoms. The minimum atomic E-state index is -0.0419. The monoisotopic (exact) mass is 342 g/mol. The fourth-order valence-corrected chi connectivity index (χ4v) is 4.25. The Bertz CT molecular complexity index is 678. The molecule has 4 rings (SSSR count). The van der Waals surface area contributed by atoms with E-state index in [2.05, 4.69) is 25.2 Å². The molecular formula is C21H30N2O2. The van der Waals surface area contributed by atoms with E-state index in [4.69, 9.17) is 10.5 Å². The van der Waals surface area contributed by atoms with E-state index in [0.29, 0.717) is 36.6 Å². The number of rotatable bonds is 7. The Morgan fingerprint density at radius 1 is 1.40 bits per heavy atom. The molecule has 3 N–H and O–H groups in total. The normalized spacial score (nSPS) is 23.4. The summed E-state index contributed by atoms with van der Waals surface area (Å²) in [6, 6.07) is 5.57. The van der Waals surface area contributed by atoms with Crippen LogP contribution in [-0.2, 0) is 0 Å². The highest BCUT2D eigenvalue weighted by Gasteiger charge is 2.50. The third kappa shape index (κ3) is 3.59. The van der Waals surface area contributed by atoms with Crippen LogP contribution in [0.3, 0.4) is 0 Å². The summed E-state index contributed by atoms with van der Waals surface area (Å²) in [5, 5.41) is 3.05. The summed E-state index contributed by atoms with van der Waals surface area (Å²) in [6.45, 7) is 8.34. The SMILES string of the molecule is Cc1ccc(C(=O)NCCC2=CC[C@H]3C[C@@H]2C3(C)C)cc1OCCN. The van der Waals surface area contributed by atoms with Crippen molar-refractivity contribution in [1.29, 1.82) is 0 Å². The van der Waals surface area contributed by atoms with Crippen LogP contribution < -0.4 is 15.8 Å².